The van der Waals surface area contributed by atoms with Gasteiger partial charge in [0.15, 0.2) is 11.5 Å². The van der Waals surface area contributed by atoms with E-state index in [0.29, 0.717) is 18.0 Å². The van der Waals surface area contributed by atoms with Crippen molar-refractivity contribution in [2.24, 2.45) is 0 Å². The van der Waals surface area contributed by atoms with Gasteiger partial charge in [-0.2, -0.15) is 0 Å². The van der Waals surface area contributed by atoms with Gasteiger partial charge in [-0.25, -0.2) is 0 Å². The van der Waals surface area contributed by atoms with Crippen LogP contribution < -0.4 is 14.2 Å². The quantitative estimate of drug-likeness (QED) is 0.725. The molecule has 0 radical (unpaired) electrons. The molecule has 5 nitrogen and oxygen atoms in total. The van der Waals surface area contributed by atoms with Crippen molar-refractivity contribution >= 4 is 12.0 Å². The maximum absolute atomic E-state index is 12.3. The first-order chi connectivity index (χ1) is 12.1. The van der Waals surface area contributed by atoms with E-state index in [4.69, 9.17) is 14.2 Å². The van der Waals surface area contributed by atoms with Crippen LogP contribution in [0, 0.1) is 0 Å². The maximum atomic E-state index is 12.3. The Bertz CT molecular complexity index is 738. The summed E-state index contributed by atoms with van der Waals surface area (Å²) in [6.45, 7) is 0.527. The first-order valence-corrected chi connectivity index (χ1v) is 7.85. The van der Waals surface area contributed by atoms with Gasteiger partial charge in [0.1, 0.15) is 5.75 Å². The molecule has 2 aromatic carbocycles. The summed E-state index contributed by atoms with van der Waals surface area (Å²) in [5, 5.41) is 0. The van der Waals surface area contributed by atoms with Crippen LogP contribution in [-0.2, 0) is 11.3 Å². The molecular formula is C20H23NO4. The lowest BCUT2D eigenvalue weighted by Gasteiger charge is -2.15. The van der Waals surface area contributed by atoms with E-state index in [2.05, 4.69) is 0 Å². The SMILES string of the molecule is COc1ccc(CN(C)C(=O)/C=C/c2ccc(OC)c(OC)c2)cc1. The highest BCUT2D eigenvalue weighted by atomic mass is 16.5. The largest absolute Gasteiger partial charge is 0.497 e. The molecule has 0 heterocycles. The topological polar surface area (TPSA) is 48.0 Å². The minimum Gasteiger partial charge on any atom is -0.497 e. The molecule has 0 N–H and O–H groups in total. The number of carbonyl (C=O) groups is 1. The second kappa shape index (κ2) is 8.78. The molecule has 0 aliphatic carbocycles. The molecule has 2 aromatic rings. The first kappa shape index (κ1) is 18.4. The molecule has 0 aliphatic rings. The zero-order valence-electron chi connectivity index (χ0n) is 15.0. The van der Waals surface area contributed by atoms with Crippen LogP contribution in [0.4, 0.5) is 0 Å². The number of rotatable bonds is 7. The van der Waals surface area contributed by atoms with Gasteiger partial charge in [-0.1, -0.05) is 18.2 Å². The summed E-state index contributed by atoms with van der Waals surface area (Å²) in [5.41, 5.74) is 1.90. The number of methoxy groups -OCH3 is 3. The molecule has 5 heteroatoms. The van der Waals surface area contributed by atoms with E-state index in [1.165, 1.54) is 0 Å². The fraction of sp³-hybridized carbons (Fsp3) is 0.250. The molecule has 132 valence electrons. The van der Waals surface area contributed by atoms with Crippen LogP contribution in [0.25, 0.3) is 6.08 Å². The van der Waals surface area contributed by atoms with E-state index < -0.39 is 0 Å². The van der Waals surface area contributed by atoms with E-state index in [1.807, 2.05) is 42.5 Å². The van der Waals surface area contributed by atoms with Crippen LogP contribution in [0.3, 0.4) is 0 Å². The van der Waals surface area contributed by atoms with Crippen LogP contribution >= 0.6 is 0 Å². The Kier molecular flexibility index (Phi) is 6.46. The predicted molar refractivity (Wildman–Crippen MR) is 98.0 cm³/mol. The first-order valence-electron chi connectivity index (χ1n) is 7.85. The summed E-state index contributed by atoms with van der Waals surface area (Å²) in [5.74, 6) is 2.00. The number of amides is 1. The van der Waals surface area contributed by atoms with Crippen LogP contribution in [-0.4, -0.2) is 39.2 Å². The van der Waals surface area contributed by atoms with Crippen molar-refractivity contribution < 1.29 is 19.0 Å². The summed E-state index contributed by atoms with van der Waals surface area (Å²) >= 11 is 0. The van der Waals surface area contributed by atoms with Gasteiger partial charge in [-0.05, 0) is 41.5 Å². The summed E-state index contributed by atoms with van der Waals surface area (Å²) in [6.07, 6.45) is 3.31. The number of benzene rings is 2. The van der Waals surface area contributed by atoms with Gasteiger partial charge in [-0.3, -0.25) is 4.79 Å². The zero-order chi connectivity index (χ0) is 18.2. The molecule has 0 aromatic heterocycles. The molecular weight excluding hydrogens is 318 g/mol. The molecule has 25 heavy (non-hydrogen) atoms. The summed E-state index contributed by atoms with van der Waals surface area (Å²) < 4.78 is 15.6. The van der Waals surface area contributed by atoms with E-state index in [1.54, 1.807) is 45.4 Å². The van der Waals surface area contributed by atoms with Gasteiger partial charge in [0.25, 0.3) is 0 Å². The number of hydrogen-bond donors (Lipinski definition) is 0. The lowest BCUT2D eigenvalue weighted by atomic mass is 10.1. The number of ether oxygens (including phenoxy) is 3. The Labute approximate surface area is 148 Å². The lowest BCUT2D eigenvalue weighted by molar-refractivity contribution is -0.125. The van der Waals surface area contributed by atoms with Gasteiger partial charge in [0.2, 0.25) is 5.91 Å². The molecule has 0 bridgehead atoms. The average Bonchev–Trinajstić information content (AvgIpc) is 2.66. The molecule has 0 unspecified atom stereocenters. The van der Waals surface area contributed by atoms with Crippen molar-refractivity contribution in [3.63, 3.8) is 0 Å². The molecule has 0 aliphatic heterocycles. The molecule has 1 amide bonds. The van der Waals surface area contributed by atoms with E-state index in [-0.39, 0.29) is 5.91 Å². The molecule has 2 rings (SSSR count). The van der Waals surface area contributed by atoms with Crippen molar-refractivity contribution in [3.8, 4) is 17.2 Å². The Morgan fingerprint density at radius 3 is 2.24 bits per heavy atom. The minimum absolute atomic E-state index is 0.0781. The standard InChI is InChI=1S/C20H23NO4/c1-21(14-16-5-9-17(23-2)10-6-16)20(22)12-8-15-7-11-18(24-3)19(13-15)25-4/h5-13H,14H2,1-4H3/b12-8+. The summed E-state index contributed by atoms with van der Waals surface area (Å²) in [4.78, 5) is 13.9. The zero-order valence-corrected chi connectivity index (χ0v) is 15.0. The van der Waals surface area contributed by atoms with Crippen LogP contribution in [0.5, 0.6) is 17.2 Å². The lowest BCUT2D eigenvalue weighted by Crippen LogP contribution is -2.24. The van der Waals surface area contributed by atoms with Crippen molar-refractivity contribution in [2.45, 2.75) is 6.54 Å². The van der Waals surface area contributed by atoms with Gasteiger partial charge in [0, 0.05) is 19.7 Å². The minimum atomic E-state index is -0.0781. The number of likely N-dealkylation sites (N-methyl/N-ethyl adjacent to an activating group) is 1. The average molecular weight is 341 g/mol. The van der Waals surface area contributed by atoms with Crippen molar-refractivity contribution in [1.29, 1.82) is 0 Å². The van der Waals surface area contributed by atoms with E-state index in [0.717, 1.165) is 16.9 Å². The highest BCUT2D eigenvalue weighted by Gasteiger charge is 2.07. The number of hydrogen-bond acceptors (Lipinski definition) is 4. The van der Waals surface area contributed by atoms with Crippen molar-refractivity contribution in [3.05, 3.63) is 59.7 Å². The third kappa shape index (κ3) is 5.01. The Balaban J connectivity index is 2.01. The second-order valence-electron chi connectivity index (χ2n) is 5.49. The van der Waals surface area contributed by atoms with Gasteiger partial charge >= 0.3 is 0 Å². The summed E-state index contributed by atoms with van der Waals surface area (Å²) in [7, 11) is 6.57. The van der Waals surface area contributed by atoms with Gasteiger partial charge < -0.3 is 19.1 Å². The second-order valence-corrected chi connectivity index (χ2v) is 5.49. The van der Waals surface area contributed by atoms with Crippen LogP contribution in [0.2, 0.25) is 0 Å². The third-order valence-corrected chi connectivity index (χ3v) is 3.78. The fourth-order valence-corrected chi connectivity index (χ4v) is 2.33. The van der Waals surface area contributed by atoms with E-state index in [9.17, 15) is 4.79 Å². The third-order valence-electron chi connectivity index (χ3n) is 3.78. The van der Waals surface area contributed by atoms with E-state index >= 15 is 0 Å². The highest BCUT2D eigenvalue weighted by Crippen LogP contribution is 2.28. The number of nitrogens with zero attached hydrogens (tertiary/aromatic N) is 1. The fourth-order valence-electron chi connectivity index (χ4n) is 2.33. The number of carbonyl (C=O) groups excluding carboxylic acids is 1. The predicted octanol–water partition coefficient (Wildman–Crippen LogP) is 3.38. The van der Waals surface area contributed by atoms with Crippen LogP contribution in [0.15, 0.2) is 48.5 Å². The van der Waals surface area contributed by atoms with Crippen molar-refractivity contribution in [1.82, 2.24) is 4.90 Å². The highest BCUT2D eigenvalue weighted by molar-refractivity contribution is 5.91. The Hall–Kier alpha value is -2.95. The molecule has 0 fully saturated rings. The Morgan fingerprint density at radius 2 is 1.64 bits per heavy atom. The maximum Gasteiger partial charge on any atom is 0.246 e. The van der Waals surface area contributed by atoms with Crippen LogP contribution in [0.1, 0.15) is 11.1 Å². The van der Waals surface area contributed by atoms with Gasteiger partial charge in [0.05, 0.1) is 21.3 Å². The molecule has 0 saturated carbocycles. The molecule has 0 atom stereocenters. The van der Waals surface area contributed by atoms with Crippen molar-refractivity contribution in [2.75, 3.05) is 28.4 Å². The smallest absolute Gasteiger partial charge is 0.246 e. The molecule has 0 saturated heterocycles. The molecule has 0 spiro atoms. The van der Waals surface area contributed by atoms with Gasteiger partial charge in [-0.15, -0.1) is 0 Å². The Morgan fingerprint density at radius 1 is 0.960 bits per heavy atom. The monoisotopic (exact) mass is 341 g/mol. The normalized spacial score (nSPS) is 10.6. The summed E-state index contributed by atoms with van der Waals surface area (Å²) in [6, 6.07) is 13.2.